The molecule has 0 aliphatic heterocycles. The van der Waals surface area contributed by atoms with Gasteiger partial charge in [-0.3, -0.25) is 4.79 Å². The highest BCUT2D eigenvalue weighted by atomic mass is 16.3. The van der Waals surface area contributed by atoms with Crippen molar-refractivity contribution in [3.8, 4) is 5.75 Å². The molecule has 2 unspecified atom stereocenters. The maximum Gasteiger partial charge on any atom is 0.251 e. The number of hydrogen-bond acceptors (Lipinski definition) is 3. The quantitative estimate of drug-likeness (QED) is 0.533. The number of rotatable bonds is 3. The predicted molar refractivity (Wildman–Crippen MR) is 62.2 cm³/mol. The first-order valence-electron chi connectivity index (χ1n) is 5.51. The van der Waals surface area contributed by atoms with Crippen molar-refractivity contribution in [1.29, 1.82) is 0 Å². The van der Waals surface area contributed by atoms with Gasteiger partial charge in [0.25, 0.3) is 5.91 Å². The van der Waals surface area contributed by atoms with Crippen LogP contribution >= 0.6 is 0 Å². The van der Waals surface area contributed by atoms with E-state index in [2.05, 4.69) is 12.2 Å². The molecular formula is C12H16N2O2. The van der Waals surface area contributed by atoms with Crippen LogP contribution in [0.15, 0.2) is 18.2 Å². The molecule has 4 heteroatoms. The average Bonchev–Trinajstić information content (AvgIpc) is 3.00. The maximum absolute atomic E-state index is 11.8. The Morgan fingerprint density at radius 1 is 1.62 bits per heavy atom. The molecule has 1 aromatic rings. The largest absolute Gasteiger partial charge is 0.506 e. The number of carbonyl (C=O) groups is 1. The standard InChI is InChI=1S/C12H16N2O2/c1-2-7-5-10(7)14-12(16)8-3-4-9(13)11(15)6-8/h3-4,6-7,10,15H,2,5,13H2,1H3,(H,14,16). The lowest BCUT2D eigenvalue weighted by Crippen LogP contribution is -2.26. The predicted octanol–water partition coefficient (Wildman–Crippen LogP) is 1.50. The molecule has 0 aromatic heterocycles. The molecule has 0 spiro atoms. The van der Waals surface area contributed by atoms with Crippen LogP contribution in [-0.2, 0) is 0 Å². The number of phenols is 1. The number of nitrogens with one attached hydrogen (secondary N) is 1. The van der Waals surface area contributed by atoms with Gasteiger partial charge < -0.3 is 16.2 Å². The van der Waals surface area contributed by atoms with E-state index in [0.29, 0.717) is 17.5 Å². The summed E-state index contributed by atoms with van der Waals surface area (Å²) in [4.78, 5) is 11.8. The second-order valence-corrected chi connectivity index (χ2v) is 4.26. The van der Waals surface area contributed by atoms with Crippen molar-refractivity contribution in [3.63, 3.8) is 0 Å². The highest BCUT2D eigenvalue weighted by Crippen LogP contribution is 2.33. The molecule has 4 nitrogen and oxygen atoms in total. The monoisotopic (exact) mass is 220 g/mol. The lowest BCUT2D eigenvalue weighted by Gasteiger charge is -2.05. The number of amides is 1. The van der Waals surface area contributed by atoms with Crippen LogP contribution in [0.25, 0.3) is 0 Å². The third-order valence-electron chi connectivity index (χ3n) is 3.06. The van der Waals surface area contributed by atoms with Crippen LogP contribution in [0.3, 0.4) is 0 Å². The van der Waals surface area contributed by atoms with Crippen molar-refractivity contribution >= 4 is 11.6 Å². The molecule has 0 bridgehead atoms. The summed E-state index contributed by atoms with van der Waals surface area (Å²) in [6.07, 6.45) is 2.15. The Kier molecular flexibility index (Phi) is 2.73. The first kappa shape index (κ1) is 10.8. The number of phenolic OH excluding ortho intramolecular Hbond substituents is 1. The molecule has 1 amide bonds. The molecule has 0 radical (unpaired) electrons. The molecule has 1 aromatic carbocycles. The second kappa shape index (κ2) is 4.04. The van der Waals surface area contributed by atoms with E-state index in [1.165, 1.54) is 12.1 Å². The van der Waals surface area contributed by atoms with Gasteiger partial charge in [-0.1, -0.05) is 13.3 Å². The molecule has 1 aliphatic carbocycles. The van der Waals surface area contributed by atoms with E-state index in [1.807, 2.05) is 0 Å². The minimum atomic E-state index is -0.142. The minimum absolute atomic E-state index is 0.0458. The molecule has 2 atom stereocenters. The Hall–Kier alpha value is -1.71. The van der Waals surface area contributed by atoms with Gasteiger partial charge in [-0.05, 0) is 30.5 Å². The van der Waals surface area contributed by atoms with E-state index in [1.54, 1.807) is 6.07 Å². The Labute approximate surface area is 94.5 Å². The van der Waals surface area contributed by atoms with E-state index in [9.17, 15) is 9.90 Å². The normalized spacial score (nSPS) is 22.8. The third-order valence-corrected chi connectivity index (χ3v) is 3.06. The zero-order valence-electron chi connectivity index (χ0n) is 9.23. The molecule has 1 saturated carbocycles. The van der Waals surface area contributed by atoms with Crippen LogP contribution < -0.4 is 11.1 Å². The summed E-state index contributed by atoms with van der Waals surface area (Å²) in [5, 5.41) is 12.3. The van der Waals surface area contributed by atoms with Crippen molar-refractivity contribution in [2.75, 3.05) is 5.73 Å². The van der Waals surface area contributed by atoms with Crippen LogP contribution in [0.5, 0.6) is 5.75 Å². The zero-order valence-corrected chi connectivity index (χ0v) is 9.23. The first-order chi connectivity index (χ1) is 7.61. The highest BCUT2D eigenvalue weighted by molar-refractivity contribution is 5.95. The van der Waals surface area contributed by atoms with Gasteiger partial charge in [-0.25, -0.2) is 0 Å². The fraction of sp³-hybridized carbons (Fsp3) is 0.417. The Morgan fingerprint density at radius 3 is 2.94 bits per heavy atom. The van der Waals surface area contributed by atoms with Gasteiger partial charge in [-0.15, -0.1) is 0 Å². The number of nitrogens with two attached hydrogens (primary N) is 1. The topological polar surface area (TPSA) is 75.4 Å². The van der Waals surface area contributed by atoms with Gasteiger partial charge >= 0.3 is 0 Å². The van der Waals surface area contributed by atoms with E-state index in [0.717, 1.165) is 12.8 Å². The Balaban J connectivity index is 2.01. The average molecular weight is 220 g/mol. The third kappa shape index (κ3) is 2.10. The van der Waals surface area contributed by atoms with Gasteiger partial charge in [0.1, 0.15) is 5.75 Å². The van der Waals surface area contributed by atoms with Crippen molar-refractivity contribution in [3.05, 3.63) is 23.8 Å². The van der Waals surface area contributed by atoms with Crippen molar-refractivity contribution in [2.24, 2.45) is 5.92 Å². The molecule has 2 rings (SSSR count). The summed E-state index contributed by atoms with van der Waals surface area (Å²) in [6.45, 7) is 2.12. The lowest BCUT2D eigenvalue weighted by molar-refractivity contribution is 0.0948. The van der Waals surface area contributed by atoms with Crippen LogP contribution in [0.1, 0.15) is 30.1 Å². The van der Waals surface area contributed by atoms with E-state index in [-0.39, 0.29) is 17.3 Å². The number of hydrogen-bond donors (Lipinski definition) is 3. The number of benzene rings is 1. The number of nitrogen functional groups attached to an aromatic ring is 1. The Morgan fingerprint density at radius 2 is 2.38 bits per heavy atom. The summed E-state index contributed by atoms with van der Waals surface area (Å²) in [5.41, 5.74) is 6.20. The summed E-state index contributed by atoms with van der Waals surface area (Å²) in [5.74, 6) is 0.429. The maximum atomic E-state index is 11.8. The fourth-order valence-electron chi connectivity index (χ4n) is 1.81. The van der Waals surface area contributed by atoms with Gasteiger partial charge in [0.2, 0.25) is 0 Å². The second-order valence-electron chi connectivity index (χ2n) is 4.26. The van der Waals surface area contributed by atoms with Gasteiger partial charge in [0.15, 0.2) is 0 Å². The Bertz CT molecular complexity index is 417. The molecular weight excluding hydrogens is 204 g/mol. The van der Waals surface area contributed by atoms with E-state index >= 15 is 0 Å². The van der Waals surface area contributed by atoms with Crippen molar-refractivity contribution < 1.29 is 9.90 Å². The molecule has 0 heterocycles. The molecule has 16 heavy (non-hydrogen) atoms. The molecule has 0 saturated heterocycles. The molecule has 1 fully saturated rings. The summed E-state index contributed by atoms with van der Waals surface area (Å²) in [7, 11) is 0. The van der Waals surface area contributed by atoms with Gasteiger partial charge in [0, 0.05) is 11.6 Å². The first-order valence-corrected chi connectivity index (χ1v) is 5.51. The number of anilines is 1. The van der Waals surface area contributed by atoms with Crippen LogP contribution in [-0.4, -0.2) is 17.1 Å². The van der Waals surface area contributed by atoms with E-state index in [4.69, 9.17) is 5.73 Å². The van der Waals surface area contributed by atoms with Gasteiger partial charge in [-0.2, -0.15) is 0 Å². The van der Waals surface area contributed by atoms with Crippen LogP contribution in [0.4, 0.5) is 5.69 Å². The smallest absolute Gasteiger partial charge is 0.251 e. The SMILES string of the molecule is CCC1CC1NC(=O)c1ccc(N)c(O)c1. The summed E-state index contributed by atoms with van der Waals surface area (Å²) in [6, 6.07) is 4.85. The highest BCUT2D eigenvalue weighted by Gasteiger charge is 2.36. The molecule has 1 aliphatic rings. The summed E-state index contributed by atoms with van der Waals surface area (Å²) < 4.78 is 0. The van der Waals surface area contributed by atoms with E-state index < -0.39 is 0 Å². The fourth-order valence-corrected chi connectivity index (χ4v) is 1.81. The van der Waals surface area contributed by atoms with Crippen molar-refractivity contribution in [2.45, 2.75) is 25.8 Å². The van der Waals surface area contributed by atoms with Crippen molar-refractivity contribution in [1.82, 2.24) is 5.32 Å². The zero-order chi connectivity index (χ0) is 11.7. The van der Waals surface area contributed by atoms with Crippen LogP contribution in [0, 0.1) is 5.92 Å². The van der Waals surface area contributed by atoms with Gasteiger partial charge in [0.05, 0.1) is 5.69 Å². The number of carbonyl (C=O) groups excluding carboxylic acids is 1. The lowest BCUT2D eigenvalue weighted by atomic mass is 10.2. The summed E-state index contributed by atoms with van der Waals surface area (Å²) >= 11 is 0. The minimum Gasteiger partial charge on any atom is -0.506 e. The van der Waals surface area contributed by atoms with Crippen LogP contribution in [0.2, 0.25) is 0 Å². The number of aromatic hydroxyl groups is 1. The molecule has 4 N–H and O–H groups in total. The molecule has 86 valence electrons.